The van der Waals surface area contributed by atoms with Crippen LogP contribution in [-0.2, 0) is 6.61 Å². The maximum atomic E-state index is 13.5. The molecule has 0 amide bonds. The standard InChI is InChI=1S/C13H9BrFNO3/c14-8-4-5-12(10(15)6-8)19-7-9-2-1-3-11(16-9)13(17)18/h1-6H,7H2,(H,17,18). The summed E-state index contributed by atoms with van der Waals surface area (Å²) in [5, 5.41) is 8.80. The van der Waals surface area contributed by atoms with E-state index in [2.05, 4.69) is 20.9 Å². The number of pyridine rings is 1. The van der Waals surface area contributed by atoms with Gasteiger partial charge in [-0.2, -0.15) is 0 Å². The minimum Gasteiger partial charge on any atom is -0.484 e. The van der Waals surface area contributed by atoms with E-state index >= 15 is 0 Å². The molecule has 1 N–H and O–H groups in total. The molecule has 0 spiro atoms. The molecule has 98 valence electrons. The maximum absolute atomic E-state index is 13.5. The number of aromatic carboxylic acids is 1. The van der Waals surface area contributed by atoms with Crippen LogP contribution in [0.4, 0.5) is 4.39 Å². The molecule has 0 saturated heterocycles. The SMILES string of the molecule is O=C(O)c1cccc(COc2ccc(Br)cc2F)n1. The van der Waals surface area contributed by atoms with Crippen LogP contribution in [0.15, 0.2) is 40.9 Å². The fraction of sp³-hybridized carbons (Fsp3) is 0.0769. The van der Waals surface area contributed by atoms with Crippen LogP contribution in [0.1, 0.15) is 16.2 Å². The highest BCUT2D eigenvalue weighted by molar-refractivity contribution is 9.10. The summed E-state index contributed by atoms with van der Waals surface area (Å²) in [6.07, 6.45) is 0. The molecule has 6 heteroatoms. The number of halogens is 2. The summed E-state index contributed by atoms with van der Waals surface area (Å²) in [7, 11) is 0. The van der Waals surface area contributed by atoms with E-state index in [9.17, 15) is 9.18 Å². The molecule has 1 aromatic carbocycles. The Morgan fingerprint density at radius 1 is 1.37 bits per heavy atom. The normalized spacial score (nSPS) is 10.2. The van der Waals surface area contributed by atoms with E-state index in [0.29, 0.717) is 10.2 Å². The molecule has 0 bridgehead atoms. The molecule has 2 rings (SSSR count). The zero-order chi connectivity index (χ0) is 13.8. The van der Waals surface area contributed by atoms with Gasteiger partial charge in [0.15, 0.2) is 11.6 Å². The van der Waals surface area contributed by atoms with Gasteiger partial charge >= 0.3 is 5.97 Å². The van der Waals surface area contributed by atoms with Crippen molar-refractivity contribution in [3.63, 3.8) is 0 Å². The number of carboxylic acids is 1. The lowest BCUT2D eigenvalue weighted by Gasteiger charge is -2.07. The molecule has 1 aromatic heterocycles. The highest BCUT2D eigenvalue weighted by atomic mass is 79.9. The van der Waals surface area contributed by atoms with E-state index < -0.39 is 11.8 Å². The quantitative estimate of drug-likeness (QED) is 0.937. The van der Waals surface area contributed by atoms with Crippen LogP contribution >= 0.6 is 15.9 Å². The first-order valence-corrected chi connectivity index (χ1v) is 6.12. The molecule has 0 radical (unpaired) electrons. The topological polar surface area (TPSA) is 59.4 Å². The second-order valence-electron chi connectivity index (χ2n) is 3.68. The van der Waals surface area contributed by atoms with Crippen molar-refractivity contribution in [3.05, 3.63) is 58.1 Å². The predicted molar refractivity (Wildman–Crippen MR) is 69.6 cm³/mol. The molecule has 1 heterocycles. The van der Waals surface area contributed by atoms with Crippen LogP contribution in [0.2, 0.25) is 0 Å². The second kappa shape index (κ2) is 5.79. The zero-order valence-corrected chi connectivity index (χ0v) is 11.2. The molecule has 0 aliphatic rings. The van der Waals surface area contributed by atoms with Crippen molar-refractivity contribution in [2.45, 2.75) is 6.61 Å². The fourth-order valence-electron chi connectivity index (χ4n) is 1.42. The van der Waals surface area contributed by atoms with Crippen LogP contribution in [-0.4, -0.2) is 16.1 Å². The number of nitrogens with zero attached hydrogens (tertiary/aromatic N) is 1. The number of benzene rings is 1. The first kappa shape index (κ1) is 13.5. The van der Waals surface area contributed by atoms with Gasteiger partial charge in [0.2, 0.25) is 0 Å². The Kier molecular flexibility index (Phi) is 4.11. The third-order valence-corrected chi connectivity index (χ3v) is 2.79. The molecule has 0 aliphatic carbocycles. The molecule has 0 fully saturated rings. The molecule has 0 aliphatic heterocycles. The van der Waals surface area contributed by atoms with Gasteiger partial charge in [-0.3, -0.25) is 0 Å². The van der Waals surface area contributed by atoms with E-state index in [1.54, 1.807) is 18.2 Å². The molecular formula is C13H9BrFNO3. The highest BCUT2D eigenvalue weighted by Crippen LogP contribution is 2.22. The number of carbonyl (C=O) groups is 1. The summed E-state index contributed by atoms with van der Waals surface area (Å²) < 4.78 is 19.4. The van der Waals surface area contributed by atoms with Gasteiger partial charge in [-0.1, -0.05) is 22.0 Å². The van der Waals surface area contributed by atoms with Crippen LogP contribution in [0.3, 0.4) is 0 Å². The van der Waals surface area contributed by atoms with Crippen molar-refractivity contribution in [2.75, 3.05) is 0 Å². The number of hydrogen-bond donors (Lipinski definition) is 1. The van der Waals surface area contributed by atoms with Crippen LogP contribution < -0.4 is 4.74 Å². The van der Waals surface area contributed by atoms with Crippen molar-refractivity contribution >= 4 is 21.9 Å². The van der Waals surface area contributed by atoms with Crippen molar-refractivity contribution in [3.8, 4) is 5.75 Å². The van der Waals surface area contributed by atoms with Gasteiger partial charge in [-0.15, -0.1) is 0 Å². The molecular weight excluding hydrogens is 317 g/mol. The van der Waals surface area contributed by atoms with Gasteiger partial charge in [0, 0.05) is 4.47 Å². The van der Waals surface area contributed by atoms with Crippen molar-refractivity contribution in [1.29, 1.82) is 0 Å². The summed E-state index contributed by atoms with van der Waals surface area (Å²) in [6.45, 7) is -0.000325. The van der Waals surface area contributed by atoms with Crippen molar-refractivity contribution in [1.82, 2.24) is 4.98 Å². The predicted octanol–water partition coefficient (Wildman–Crippen LogP) is 3.26. The molecule has 2 aromatic rings. The monoisotopic (exact) mass is 325 g/mol. The van der Waals surface area contributed by atoms with E-state index in [1.807, 2.05) is 0 Å². The van der Waals surface area contributed by atoms with E-state index in [-0.39, 0.29) is 18.1 Å². The van der Waals surface area contributed by atoms with Gasteiger partial charge in [0.1, 0.15) is 12.3 Å². The first-order valence-electron chi connectivity index (χ1n) is 5.33. The Balaban J connectivity index is 2.10. The van der Waals surface area contributed by atoms with Gasteiger partial charge in [-0.25, -0.2) is 14.2 Å². The lowest BCUT2D eigenvalue weighted by Crippen LogP contribution is -2.05. The lowest BCUT2D eigenvalue weighted by molar-refractivity contribution is 0.0690. The Labute approximate surface area is 117 Å². The summed E-state index contributed by atoms with van der Waals surface area (Å²) in [4.78, 5) is 14.6. The minimum atomic E-state index is -1.11. The Hall–Kier alpha value is -1.95. The van der Waals surface area contributed by atoms with E-state index in [0.717, 1.165) is 0 Å². The third-order valence-electron chi connectivity index (χ3n) is 2.30. The van der Waals surface area contributed by atoms with Gasteiger partial charge in [0.05, 0.1) is 5.69 Å². The fourth-order valence-corrected chi connectivity index (χ4v) is 1.76. The van der Waals surface area contributed by atoms with Gasteiger partial charge < -0.3 is 9.84 Å². The number of carboxylic acid groups (broad SMARTS) is 1. The molecule has 0 atom stereocenters. The summed E-state index contributed by atoms with van der Waals surface area (Å²) in [5.41, 5.74) is 0.347. The van der Waals surface area contributed by atoms with E-state index in [4.69, 9.17) is 9.84 Å². The highest BCUT2D eigenvalue weighted by Gasteiger charge is 2.07. The van der Waals surface area contributed by atoms with Crippen LogP contribution in [0.25, 0.3) is 0 Å². The van der Waals surface area contributed by atoms with Crippen LogP contribution in [0, 0.1) is 5.82 Å². The van der Waals surface area contributed by atoms with Gasteiger partial charge in [-0.05, 0) is 30.3 Å². The zero-order valence-electron chi connectivity index (χ0n) is 9.64. The average Bonchev–Trinajstić information content (AvgIpc) is 2.38. The van der Waals surface area contributed by atoms with E-state index in [1.165, 1.54) is 18.2 Å². The molecule has 0 unspecified atom stereocenters. The minimum absolute atomic E-state index is 0.000325. The van der Waals surface area contributed by atoms with Gasteiger partial charge in [0.25, 0.3) is 0 Å². The largest absolute Gasteiger partial charge is 0.484 e. The molecule has 0 saturated carbocycles. The summed E-state index contributed by atoms with van der Waals surface area (Å²) >= 11 is 3.14. The number of aromatic nitrogens is 1. The average molecular weight is 326 g/mol. The van der Waals surface area contributed by atoms with Crippen molar-refractivity contribution < 1.29 is 19.0 Å². The smallest absolute Gasteiger partial charge is 0.354 e. The lowest BCUT2D eigenvalue weighted by atomic mass is 10.3. The number of ether oxygens (including phenoxy) is 1. The molecule has 19 heavy (non-hydrogen) atoms. The van der Waals surface area contributed by atoms with Crippen LogP contribution in [0.5, 0.6) is 5.75 Å². The third kappa shape index (κ3) is 3.51. The Bertz CT molecular complexity index is 619. The number of hydrogen-bond acceptors (Lipinski definition) is 3. The molecule has 4 nitrogen and oxygen atoms in total. The Morgan fingerprint density at radius 2 is 2.16 bits per heavy atom. The summed E-state index contributed by atoms with van der Waals surface area (Å²) in [6, 6.07) is 8.98. The first-order chi connectivity index (χ1) is 9.06. The Morgan fingerprint density at radius 3 is 2.84 bits per heavy atom. The maximum Gasteiger partial charge on any atom is 0.354 e. The summed E-state index contributed by atoms with van der Waals surface area (Å²) in [5.74, 6) is -1.52. The second-order valence-corrected chi connectivity index (χ2v) is 4.60. The van der Waals surface area contributed by atoms with Crippen molar-refractivity contribution in [2.24, 2.45) is 0 Å². The number of rotatable bonds is 4.